The molecule has 50 valence electrons. The highest BCUT2D eigenvalue weighted by molar-refractivity contribution is 5.43. The average Bonchev–Trinajstić information content (AvgIpc) is 2.05. The lowest BCUT2D eigenvalue weighted by atomic mass is 10.1. The Morgan fingerprint density at radius 1 is 1.40 bits per heavy atom. The van der Waals surface area contributed by atoms with E-state index in [9.17, 15) is 0 Å². The number of allylic oxidation sites excluding steroid dienone is 5. The van der Waals surface area contributed by atoms with Crippen molar-refractivity contribution in [1.29, 1.82) is 0 Å². The fourth-order valence-electron chi connectivity index (χ4n) is 1.08. The third-order valence-corrected chi connectivity index (χ3v) is 1.57. The summed E-state index contributed by atoms with van der Waals surface area (Å²) in [6, 6.07) is 0. The molecule has 0 aromatic rings. The standard InChI is InChI=1S/C9H8O/c1-2-6-9-8(4-1)5-3-7-10-9/h1,3-7H,2H2. The number of hydrogen-bond acceptors (Lipinski definition) is 1. The minimum Gasteiger partial charge on any atom is -0.465 e. The summed E-state index contributed by atoms with van der Waals surface area (Å²) >= 11 is 0. The lowest BCUT2D eigenvalue weighted by molar-refractivity contribution is 0.357. The van der Waals surface area contributed by atoms with Crippen LogP contribution in [0, 0.1) is 0 Å². The van der Waals surface area contributed by atoms with Crippen LogP contribution in [0.1, 0.15) is 6.42 Å². The van der Waals surface area contributed by atoms with Gasteiger partial charge >= 0.3 is 0 Å². The fourth-order valence-corrected chi connectivity index (χ4v) is 1.08. The molecule has 0 unspecified atom stereocenters. The van der Waals surface area contributed by atoms with Gasteiger partial charge in [-0.05, 0) is 24.6 Å². The smallest absolute Gasteiger partial charge is 0.130 e. The number of hydrogen-bond donors (Lipinski definition) is 0. The van der Waals surface area contributed by atoms with Gasteiger partial charge in [0, 0.05) is 5.57 Å². The molecular weight excluding hydrogens is 124 g/mol. The Hall–Kier alpha value is -1.24. The van der Waals surface area contributed by atoms with Gasteiger partial charge < -0.3 is 4.74 Å². The monoisotopic (exact) mass is 132 g/mol. The predicted molar refractivity (Wildman–Crippen MR) is 40.1 cm³/mol. The van der Waals surface area contributed by atoms with Gasteiger partial charge in [0.05, 0.1) is 6.26 Å². The van der Waals surface area contributed by atoms with Crippen molar-refractivity contribution in [2.45, 2.75) is 6.42 Å². The highest BCUT2D eigenvalue weighted by Crippen LogP contribution is 2.21. The molecule has 0 aromatic heterocycles. The molecule has 2 aliphatic rings. The lowest BCUT2D eigenvalue weighted by Crippen LogP contribution is -1.95. The maximum absolute atomic E-state index is 5.24. The first-order chi connectivity index (χ1) is 4.97. The first kappa shape index (κ1) is 5.54. The summed E-state index contributed by atoms with van der Waals surface area (Å²) in [4.78, 5) is 0. The largest absolute Gasteiger partial charge is 0.465 e. The second-order valence-corrected chi connectivity index (χ2v) is 2.27. The molecule has 1 nitrogen and oxygen atoms in total. The molecule has 0 amide bonds. The van der Waals surface area contributed by atoms with Crippen molar-refractivity contribution in [3.63, 3.8) is 0 Å². The van der Waals surface area contributed by atoms with Gasteiger partial charge in [-0.25, -0.2) is 0 Å². The molecule has 0 spiro atoms. The van der Waals surface area contributed by atoms with Crippen molar-refractivity contribution >= 4 is 0 Å². The van der Waals surface area contributed by atoms with E-state index in [1.54, 1.807) is 6.26 Å². The minimum absolute atomic E-state index is 0.987. The number of fused-ring (bicyclic) bond motifs is 1. The first-order valence-corrected chi connectivity index (χ1v) is 3.37. The van der Waals surface area contributed by atoms with E-state index in [0.717, 1.165) is 12.2 Å². The van der Waals surface area contributed by atoms with Crippen molar-refractivity contribution in [3.8, 4) is 0 Å². The van der Waals surface area contributed by atoms with Crippen LogP contribution in [0.25, 0.3) is 0 Å². The topological polar surface area (TPSA) is 9.23 Å². The first-order valence-electron chi connectivity index (χ1n) is 3.37. The molecule has 0 atom stereocenters. The second kappa shape index (κ2) is 2.18. The Morgan fingerprint density at radius 3 is 3.30 bits per heavy atom. The Balaban J connectivity index is 2.39. The van der Waals surface area contributed by atoms with Crippen LogP contribution in [-0.2, 0) is 4.74 Å². The summed E-state index contributed by atoms with van der Waals surface area (Å²) in [5, 5.41) is 0. The van der Waals surface area contributed by atoms with Gasteiger partial charge in [0.15, 0.2) is 0 Å². The molecule has 0 saturated carbocycles. The molecule has 0 bridgehead atoms. The normalized spacial score (nSPS) is 20.8. The van der Waals surface area contributed by atoms with E-state index in [4.69, 9.17) is 4.74 Å². The Labute approximate surface area is 60.0 Å². The van der Waals surface area contributed by atoms with Crippen LogP contribution in [-0.4, -0.2) is 0 Å². The summed E-state index contributed by atoms with van der Waals surface area (Å²) in [6.45, 7) is 0. The molecule has 1 aliphatic carbocycles. The van der Waals surface area contributed by atoms with E-state index < -0.39 is 0 Å². The van der Waals surface area contributed by atoms with Crippen molar-refractivity contribution in [3.05, 3.63) is 48.0 Å². The van der Waals surface area contributed by atoms with Crippen LogP contribution < -0.4 is 0 Å². The zero-order valence-electron chi connectivity index (χ0n) is 5.58. The molecule has 1 aliphatic heterocycles. The van der Waals surface area contributed by atoms with Crippen molar-refractivity contribution in [1.82, 2.24) is 0 Å². The molecule has 10 heavy (non-hydrogen) atoms. The van der Waals surface area contributed by atoms with Gasteiger partial charge in [-0.1, -0.05) is 12.2 Å². The minimum atomic E-state index is 0.987. The third kappa shape index (κ3) is 0.798. The summed E-state index contributed by atoms with van der Waals surface area (Å²) in [6.07, 6.45) is 12.9. The SMILES string of the molecule is C1=COC2=CCC=CC2=C1. The molecular formula is C9H8O. The van der Waals surface area contributed by atoms with Crippen LogP contribution in [0.3, 0.4) is 0 Å². The van der Waals surface area contributed by atoms with E-state index in [-0.39, 0.29) is 0 Å². The maximum Gasteiger partial charge on any atom is 0.130 e. The van der Waals surface area contributed by atoms with Crippen LogP contribution in [0.15, 0.2) is 48.0 Å². The number of ether oxygens (including phenoxy) is 1. The molecule has 0 saturated heterocycles. The van der Waals surface area contributed by atoms with Crippen LogP contribution in [0.4, 0.5) is 0 Å². The van der Waals surface area contributed by atoms with Gasteiger partial charge in [-0.2, -0.15) is 0 Å². The molecule has 0 fully saturated rings. The van der Waals surface area contributed by atoms with Gasteiger partial charge in [0.2, 0.25) is 0 Å². The molecule has 1 heteroatoms. The molecule has 0 radical (unpaired) electrons. The highest BCUT2D eigenvalue weighted by Gasteiger charge is 2.06. The second-order valence-electron chi connectivity index (χ2n) is 2.27. The highest BCUT2D eigenvalue weighted by atomic mass is 16.5. The Morgan fingerprint density at radius 2 is 2.40 bits per heavy atom. The van der Waals surface area contributed by atoms with Gasteiger partial charge in [0.1, 0.15) is 5.76 Å². The average molecular weight is 132 g/mol. The molecule has 1 heterocycles. The summed E-state index contributed by atoms with van der Waals surface area (Å²) in [5.41, 5.74) is 1.17. The number of rotatable bonds is 0. The van der Waals surface area contributed by atoms with Crippen LogP contribution >= 0.6 is 0 Å². The third-order valence-electron chi connectivity index (χ3n) is 1.57. The van der Waals surface area contributed by atoms with Crippen molar-refractivity contribution in [2.24, 2.45) is 0 Å². The van der Waals surface area contributed by atoms with Crippen molar-refractivity contribution in [2.75, 3.05) is 0 Å². The lowest BCUT2D eigenvalue weighted by Gasteiger charge is -2.12. The molecule has 2 rings (SSSR count). The maximum atomic E-state index is 5.24. The van der Waals surface area contributed by atoms with Crippen LogP contribution in [0.2, 0.25) is 0 Å². The zero-order valence-corrected chi connectivity index (χ0v) is 5.58. The summed E-state index contributed by atoms with van der Waals surface area (Å²) in [7, 11) is 0. The Bertz CT molecular complexity index is 254. The van der Waals surface area contributed by atoms with Gasteiger partial charge in [0.25, 0.3) is 0 Å². The summed E-state index contributed by atoms with van der Waals surface area (Å²) < 4.78 is 5.24. The fraction of sp³-hybridized carbons (Fsp3) is 0.111. The van der Waals surface area contributed by atoms with Gasteiger partial charge in [-0.15, -0.1) is 0 Å². The van der Waals surface area contributed by atoms with E-state index >= 15 is 0 Å². The van der Waals surface area contributed by atoms with Gasteiger partial charge in [-0.3, -0.25) is 0 Å². The van der Waals surface area contributed by atoms with E-state index in [1.807, 2.05) is 12.2 Å². The Kier molecular flexibility index (Phi) is 1.21. The van der Waals surface area contributed by atoms with Crippen LogP contribution in [0.5, 0.6) is 0 Å². The predicted octanol–water partition coefficient (Wildman–Crippen LogP) is 2.30. The zero-order chi connectivity index (χ0) is 6.81. The van der Waals surface area contributed by atoms with Crippen molar-refractivity contribution < 1.29 is 4.74 Å². The quantitative estimate of drug-likeness (QED) is 0.491. The molecule has 0 aromatic carbocycles. The van der Waals surface area contributed by atoms with E-state index in [1.165, 1.54) is 5.57 Å². The van der Waals surface area contributed by atoms with E-state index in [0.29, 0.717) is 0 Å². The molecule has 0 N–H and O–H groups in total. The van der Waals surface area contributed by atoms with E-state index in [2.05, 4.69) is 18.2 Å². The summed E-state index contributed by atoms with van der Waals surface area (Å²) in [5.74, 6) is 0.991.